The van der Waals surface area contributed by atoms with Gasteiger partial charge in [0.25, 0.3) is 5.79 Å². The zero-order valence-corrected chi connectivity index (χ0v) is 30.4. The Balaban J connectivity index is 1.54. The number of amides is 2. The standard InChI is InChI=1S/C31H52N2O24/c1-8(37)32-15-10(39)3-31(30(49)50,57-25(15)17(41)11(40)4-34)51-7-14-19(43)21(45)23(47)29(54-14)55-24-13(6-36)53-28(16(20(24)44)33-9(2)38)56-26-22(46)18(42)12(5-35)52-27(26)48/h10-29,34-36,39-48H,3-7H2,1-2H3,(H,32,37)(H,33,38)(H,49,50)/t10-,11+,12+,13+,14+,15+,16+,17+,18+,19-,20+,21-,22-,23+,24+,25+,26-,27?,28-,29-,31-/m0/s1. The summed E-state index contributed by atoms with van der Waals surface area (Å²) in [6.07, 6.45) is -35.2. The van der Waals surface area contributed by atoms with Crippen LogP contribution in [-0.4, -0.2) is 244 Å². The number of ether oxygens (including phenoxy) is 7. The molecule has 16 N–H and O–H groups in total. The SMILES string of the molecule is CC(=O)N[C@H]1[C@H](O[C@@H]2C(O)O[C@H](CO)[C@@H](O)[C@@H]2O)O[C@H](CO)[C@@H](O[C@@H]2O[C@H](CO[C@@]3(C(=O)O)C[C@H](O)[C@@H](NC(C)=O)[C@H]([C@H](O)[C@H](O)CO)O3)[C@H](O)[C@H](O)[C@H]2O)[C@@H]1O. The molecular weight excluding hydrogens is 784 g/mol. The van der Waals surface area contributed by atoms with Gasteiger partial charge >= 0.3 is 5.97 Å². The number of rotatable bonds is 15. The highest BCUT2D eigenvalue weighted by Crippen LogP contribution is 2.36. The summed E-state index contributed by atoms with van der Waals surface area (Å²) >= 11 is 0. The van der Waals surface area contributed by atoms with Gasteiger partial charge in [-0.1, -0.05) is 0 Å². The fourth-order valence-corrected chi connectivity index (χ4v) is 6.93. The maximum atomic E-state index is 12.6. The minimum Gasteiger partial charge on any atom is -0.477 e. The third-order valence-electron chi connectivity index (χ3n) is 9.98. The van der Waals surface area contributed by atoms with Crippen molar-refractivity contribution >= 4 is 17.8 Å². The zero-order valence-electron chi connectivity index (χ0n) is 30.4. The van der Waals surface area contributed by atoms with E-state index in [1.165, 1.54) is 0 Å². The molecule has 0 aromatic carbocycles. The lowest BCUT2D eigenvalue weighted by molar-refractivity contribution is -0.373. The van der Waals surface area contributed by atoms with Crippen molar-refractivity contribution in [2.45, 2.75) is 149 Å². The van der Waals surface area contributed by atoms with Crippen LogP contribution in [0.2, 0.25) is 0 Å². The predicted molar refractivity (Wildman–Crippen MR) is 174 cm³/mol. The molecule has 0 radical (unpaired) electrons. The molecule has 21 atom stereocenters. The molecule has 26 heteroatoms. The molecule has 57 heavy (non-hydrogen) atoms. The van der Waals surface area contributed by atoms with Crippen LogP contribution in [0.5, 0.6) is 0 Å². The molecule has 4 aliphatic heterocycles. The van der Waals surface area contributed by atoms with E-state index in [9.17, 15) is 85.9 Å². The van der Waals surface area contributed by atoms with Gasteiger partial charge in [0.15, 0.2) is 18.9 Å². The van der Waals surface area contributed by atoms with Crippen LogP contribution in [0.4, 0.5) is 0 Å². The van der Waals surface area contributed by atoms with E-state index in [4.69, 9.17) is 33.2 Å². The summed E-state index contributed by atoms with van der Waals surface area (Å²) in [5.41, 5.74) is 0. The number of carboxylic acids is 1. The fourth-order valence-electron chi connectivity index (χ4n) is 6.93. The summed E-state index contributed by atoms with van der Waals surface area (Å²) in [6.45, 7) is -1.83. The number of hydrogen-bond acceptors (Lipinski definition) is 23. The van der Waals surface area contributed by atoms with Gasteiger partial charge in [-0.2, -0.15) is 0 Å². The van der Waals surface area contributed by atoms with Crippen molar-refractivity contribution in [1.29, 1.82) is 0 Å². The Morgan fingerprint density at radius 1 is 0.702 bits per heavy atom. The minimum absolute atomic E-state index is 0.754. The fraction of sp³-hybridized carbons (Fsp3) is 0.903. The maximum absolute atomic E-state index is 12.6. The third-order valence-corrected chi connectivity index (χ3v) is 9.98. The number of carbonyl (C=O) groups excluding carboxylic acids is 2. The van der Waals surface area contributed by atoms with Crippen molar-refractivity contribution in [3.8, 4) is 0 Å². The van der Waals surface area contributed by atoms with E-state index in [-0.39, 0.29) is 0 Å². The van der Waals surface area contributed by atoms with Crippen molar-refractivity contribution in [2.24, 2.45) is 0 Å². The summed E-state index contributed by atoms with van der Waals surface area (Å²) in [5.74, 6) is -6.38. The van der Waals surface area contributed by atoms with Crippen molar-refractivity contribution in [2.75, 3.05) is 26.4 Å². The van der Waals surface area contributed by atoms with Crippen LogP contribution in [-0.2, 0) is 47.5 Å². The molecule has 4 fully saturated rings. The maximum Gasteiger partial charge on any atom is 0.364 e. The third kappa shape index (κ3) is 10.3. The number of aliphatic carboxylic acids is 1. The van der Waals surface area contributed by atoms with Crippen molar-refractivity contribution in [1.82, 2.24) is 10.6 Å². The molecule has 0 bridgehead atoms. The molecular formula is C31H52N2O24. The van der Waals surface area contributed by atoms with Gasteiger partial charge in [0.2, 0.25) is 11.8 Å². The second-order valence-electron chi connectivity index (χ2n) is 14.1. The number of carbonyl (C=O) groups is 3. The van der Waals surface area contributed by atoms with E-state index >= 15 is 0 Å². The molecule has 4 saturated heterocycles. The predicted octanol–water partition coefficient (Wildman–Crippen LogP) is -10.3. The van der Waals surface area contributed by atoms with E-state index < -0.39 is 179 Å². The van der Waals surface area contributed by atoms with Gasteiger partial charge in [0.1, 0.15) is 91.5 Å². The molecule has 0 aromatic rings. The van der Waals surface area contributed by atoms with Gasteiger partial charge in [-0.05, 0) is 0 Å². The van der Waals surface area contributed by atoms with Crippen LogP contribution in [0, 0.1) is 0 Å². The average Bonchev–Trinajstić information content (AvgIpc) is 3.16. The molecule has 0 aromatic heterocycles. The topological polar surface area (TPSA) is 423 Å². The molecule has 330 valence electrons. The smallest absolute Gasteiger partial charge is 0.364 e. The lowest BCUT2D eigenvalue weighted by Crippen LogP contribution is -2.69. The first-order valence-electron chi connectivity index (χ1n) is 17.7. The Labute approximate surface area is 322 Å². The lowest BCUT2D eigenvalue weighted by Gasteiger charge is -2.49. The van der Waals surface area contributed by atoms with Gasteiger partial charge in [-0.3, -0.25) is 9.59 Å². The molecule has 26 nitrogen and oxygen atoms in total. The van der Waals surface area contributed by atoms with Crippen molar-refractivity contribution < 1.29 is 119 Å². The van der Waals surface area contributed by atoms with Gasteiger partial charge in [-0.25, -0.2) is 4.79 Å². The second-order valence-corrected chi connectivity index (χ2v) is 14.1. The van der Waals surface area contributed by atoms with Crippen molar-refractivity contribution in [3.05, 3.63) is 0 Å². The van der Waals surface area contributed by atoms with Gasteiger partial charge in [0, 0.05) is 20.3 Å². The Bertz CT molecular complexity index is 1350. The normalized spacial score (nSPS) is 45.1. The van der Waals surface area contributed by atoms with Crippen LogP contribution in [0.3, 0.4) is 0 Å². The number of nitrogens with one attached hydrogen (secondary N) is 2. The molecule has 1 unspecified atom stereocenters. The summed E-state index contributed by atoms with van der Waals surface area (Å²) in [6, 6.07) is -3.20. The molecule has 0 saturated carbocycles. The number of aliphatic hydroxyl groups is 13. The molecule has 0 spiro atoms. The number of hydrogen-bond donors (Lipinski definition) is 16. The van der Waals surface area contributed by atoms with Crippen LogP contribution >= 0.6 is 0 Å². The summed E-state index contributed by atoms with van der Waals surface area (Å²) < 4.78 is 38.7. The first kappa shape index (κ1) is 47.3. The van der Waals surface area contributed by atoms with Gasteiger partial charge in [0.05, 0.1) is 38.6 Å². The van der Waals surface area contributed by atoms with Gasteiger partial charge < -0.3 is 115 Å². The summed E-state index contributed by atoms with van der Waals surface area (Å²) in [7, 11) is 0. The molecule has 2 amide bonds. The Kier molecular flexibility index (Phi) is 16.4. The highest BCUT2D eigenvalue weighted by molar-refractivity contribution is 5.76. The largest absolute Gasteiger partial charge is 0.477 e. The van der Waals surface area contributed by atoms with Crippen LogP contribution < -0.4 is 10.6 Å². The molecule has 4 rings (SSSR count). The van der Waals surface area contributed by atoms with E-state index in [0.29, 0.717) is 0 Å². The minimum atomic E-state index is -2.91. The first-order chi connectivity index (χ1) is 26.7. The van der Waals surface area contributed by atoms with E-state index in [1.807, 2.05) is 0 Å². The molecule has 4 aliphatic rings. The van der Waals surface area contributed by atoms with E-state index in [1.54, 1.807) is 0 Å². The van der Waals surface area contributed by atoms with E-state index in [2.05, 4.69) is 10.6 Å². The second kappa shape index (κ2) is 19.8. The van der Waals surface area contributed by atoms with Crippen molar-refractivity contribution in [3.63, 3.8) is 0 Å². The Morgan fingerprint density at radius 3 is 1.82 bits per heavy atom. The summed E-state index contributed by atoms with van der Waals surface area (Å²) in [5, 5.41) is 150. The Hall–Kier alpha value is -2.39. The van der Waals surface area contributed by atoms with E-state index in [0.717, 1.165) is 13.8 Å². The Morgan fingerprint density at radius 2 is 1.26 bits per heavy atom. The summed E-state index contributed by atoms with van der Waals surface area (Å²) in [4.78, 5) is 36.6. The quantitative estimate of drug-likeness (QED) is 0.0728. The monoisotopic (exact) mass is 836 g/mol. The van der Waals surface area contributed by atoms with Gasteiger partial charge in [-0.15, -0.1) is 0 Å². The lowest BCUT2D eigenvalue weighted by atomic mass is 9.88. The highest BCUT2D eigenvalue weighted by atomic mass is 16.8. The highest BCUT2D eigenvalue weighted by Gasteiger charge is 2.58. The van der Waals surface area contributed by atoms with Crippen LogP contribution in [0.1, 0.15) is 20.3 Å². The molecule has 4 heterocycles. The number of aliphatic hydroxyl groups excluding tert-OH is 13. The van der Waals surface area contributed by atoms with Crippen LogP contribution in [0.25, 0.3) is 0 Å². The zero-order chi connectivity index (χ0) is 42.7. The first-order valence-corrected chi connectivity index (χ1v) is 17.7. The number of carboxylic acid groups (broad SMARTS) is 1. The molecule has 0 aliphatic carbocycles. The van der Waals surface area contributed by atoms with Crippen LogP contribution in [0.15, 0.2) is 0 Å². The average molecular weight is 837 g/mol.